The maximum atomic E-state index is 4.62. The molecule has 0 aromatic carbocycles. The van der Waals surface area contributed by atoms with Crippen LogP contribution in [0.3, 0.4) is 0 Å². The molecule has 118 valence electrons. The Labute approximate surface area is 128 Å². The summed E-state index contributed by atoms with van der Waals surface area (Å²) < 4.78 is 0. The van der Waals surface area contributed by atoms with Gasteiger partial charge in [0, 0.05) is 31.2 Å². The van der Waals surface area contributed by atoms with Crippen LogP contribution in [0.1, 0.15) is 39.3 Å². The summed E-state index contributed by atoms with van der Waals surface area (Å²) in [5.74, 6) is 1.01. The van der Waals surface area contributed by atoms with Crippen molar-refractivity contribution in [1.82, 2.24) is 20.2 Å². The number of rotatable bonds is 5. The molecule has 1 aliphatic rings. The molecule has 1 saturated heterocycles. The molecule has 21 heavy (non-hydrogen) atoms. The van der Waals surface area contributed by atoms with Gasteiger partial charge in [-0.2, -0.15) is 0 Å². The van der Waals surface area contributed by atoms with Gasteiger partial charge < -0.3 is 15.1 Å². The summed E-state index contributed by atoms with van der Waals surface area (Å²) in [4.78, 5) is 13.8. The van der Waals surface area contributed by atoms with Gasteiger partial charge in [-0.15, -0.1) is 0 Å². The Morgan fingerprint density at radius 3 is 2.62 bits per heavy atom. The Bertz CT molecular complexity index is 435. The second-order valence-corrected chi connectivity index (χ2v) is 7.22. The molecule has 0 spiro atoms. The zero-order valence-corrected chi connectivity index (χ0v) is 14.1. The van der Waals surface area contributed by atoms with Crippen LogP contribution in [0, 0.1) is 0 Å². The van der Waals surface area contributed by atoms with Gasteiger partial charge in [-0.1, -0.05) is 0 Å². The quantitative estimate of drug-likeness (QED) is 0.897. The first-order valence-corrected chi connectivity index (χ1v) is 7.82. The first-order valence-electron chi connectivity index (χ1n) is 7.82. The van der Waals surface area contributed by atoms with Gasteiger partial charge >= 0.3 is 0 Å². The van der Waals surface area contributed by atoms with Crippen molar-refractivity contribution in [2.75, 3.05) is 32.1 Å². The lowest BCUT2D eigenvalue weighted by molar-refractivity contribution is 0.371. The number of aromatic nitrogens is 2. The van der Waals surface area contributed by atoms with E-state index in [1.165, 1.54) is 12.8 Å². The summed E-state index contributed by atoms with van der Waals surface area (Å²) in [7, 11) is 4.26. The molecule has 1 N–H and O–H groups in total. The van der Waals surface area contributed by atoms with E-state index in [1.54, 1.807) is 0 Å². The minimum atomic E-state index is 0.103. The first kappa shape index (κ1) is 16.2. The third-order valence-electron chi connectivity index (χ3n) is 3.74. The average molecular weight is 291 g/mol. The molecule has 1 aromatic rings. The Balaban J connectivity index is 1.98. The average Bonchev–Trinajstić information content (AvgIpc) is 2.83. The van der Waals surface area contributed by atoms with Gasteiger partial charge in [-0.05, 0) is 47.7 Å². The van der Waals surface area contributed by atoms with Crippen LogP contribution in [0.2, 0.25) is 0 Å². The molecule has 5 heteroatoms. The van der Waals surface area contributed by atoms with Crippen molar-refractivity contribution in [2.24, 2.45) is 0 Å². The van der Waals surface area contributed by atoms with Gasteiger partial charge in [0.15, 0.2) is 0 Å². The van der Waals surface area contributed by atoms with E-state index in [0.29, 0.717) is 6.04 Å². The number of likely N-dealkylation sites (N-methyl/N-ethyl adjacent to an activating group) is 1. The zero-order chi connectivity index (χ0) is 15.5. The fourth-order valence-corrected chi connectivity index (χ4v) is 2.69. The second kappa shape index (κ2) is 6.71. The van der Waals surface area contributed by atoms with Gasteiger partial charge in [-0.3, -0.25) is 4.98 Å². The van der Waals surface area contributed by atoms with Crippen LogP contribution in [0.15, 0.2) is 12.4 Å². The van der Waals surface area contributed by atoms with Gasteiger partial charge in [-0.25, -0.2) is 4.98 Å². The second-order valence-electron chi connectivity index (χ2n) is 7.22. The van der Waals surface area contributed by atoms with Crippen molar-refractivity contribution in [2.45, 2.75) is 51.7 Å². The van der Waals surface area contributed by atoms with Gasteiger partial charge in [0.05, 0.1) is 18.1 Å². The van der Waals surface area contributed by atoms with Crippen molar-refractivity contribution in [1.29, 1.82) is 0 Å². The monoisotopic (exact) mass is 291 g/mol. The van der Waals surface area contributed by atoms with Gasteiger partial charge in [0.25, 0.3) is 0 Å². The van der Waals surface area contributed by atoms with Crippen LogP contribution >= 0.6 is 0 Å². The largest absolute Gasteiger partial charge is 0.351 e. The summed E-state index contributed by atoms with van der Waals surface area (Å²) in [6, 6.07) is 0.563. The lowest BCUT2D eigenvalue weighted by atomic mass is 10.1. The van der Waals surface area contributed by atoms with Crippen molar-refractivity contribution in [3.8, 4) is 0 Å². The van der Waals surface area contributed by atoms with Crippen LogP contribution in [-0.4, -0.2) is 53.6 Å². The predicted molar refractivity (Wildman–Crippen MR) is 87.5 cm³/mol. The Morgan fingerprint density at radius 2 is 2.05 bits per heavy atom. The molecular weight excluding hydrogens is 262 g/mol. The molecule has 1 aliphatic heterocycles. The van der Waals surface area contributed by atoms with Crippen molar-refractivity contribution < 1.29 is 0 Å². The number of anilines is 1. The highest BCUT2D eigenvalue weighted by atomic mass is 15.3. The van der Waals surface area contributed by atoms with E-state index in [4.69, 9.17) is 0 Å². The molecule has 5 nitrogen and oxygen atoms in total. The minimum absolute atomic E-state index is 0.103. The molecule has 2 rings (SSSR count). The number of hydrogen-bond acceptors (Lipinski definition) is 5. The van der Waals surface area contributed by atoms with E-state index in [0.717, 1.165) is 31.1 Å². The molecule has 1 aromatic heterocycles. The molecule has 0 bridgehead atoms. The molecule has 0 radical (unpaired) electrons. The maximum Gasteiger partial charge on any atom is 0.147 e. The van der Waals surface area contributed by atoms with Crippen LogP contribution in [0.25, 0.3) is 0 Å². The predicted octanol–water partition coefficient (Wildman–Crippen LogP) is 1.90. The van der Waals surface area contributed by atoms with Crippen LogP contribution in [0.4, 0.5) is 5.82 Å². The third kappa shape index (κ3) is 4.93. The molecule has 2 heterocycles. The van der Waals surface area contributed by atoms with Crippen LogP contribution in [-0.2, 0) is 6.54 Å². The minimum Gasteiger partial charge on any atom is -0.351 e. The molecule has 0 aliphatic carbocycles. The lowest BCUT2D eigenvalue weighted by Gasteiger charge is -2.28. The molecule has 1 fully saturated rings. The summed E-state index contributed by atoms with van der Waals surface area (Å²) >= 11 is 0. The topological polar surface area (TPSA) is 44.3 Å². The SMILES string of the molecule is CN(C)CC1CCCN1c1cnc(CNC(C)(C)C)cn1. The van der Waals surface area contributed by atoms with E-state index in [2.05, 4.69) is 60.0 Å². The molecule has 0 saturated carbocycles. The fraction of sp³-hybridized carbons (Fsp3) is 0.750. The molecule has 1 unspecified atom stereocenters. The summed E-state index contributed by atoms with van der Waals surface area (Å²) in [6.45, 7) is 9.40. The number of nitrogens with zero attached hydrogens (tertiary/aromatic N) is 4. The Kier molecular flexibility index (Phi) is 5.17. The molecule has 1 atom stereocenters. The first-order chi connectivity index (χ1) is 9.85. The normalized spacial score (nSPS) is 19.5. The zero-order valence-electron chi connectivity index (χ0n) is 14.1. The maximum absolute atomic E-state index is 4.62. The highest BCUT2D eigenvalue weighted by molar-refractivity contribution is 5.39. The highest BCUT2D eigenvalue weighted by Crippen LogP contribution is 2.23. The Hall–Kier alpha value is -1.20. The van der Waals surface area contributed by atoms with Gasteiger partial charge in [0.1, 0.15) is 5.82 Å². The summed E-state index contributed by atoms with van der Waals surface area (Å²) in [6.07, 6.45) is 6.31. The highest BCUT2D eigenvalue weighted by Gasteiger charge is 2.26. The number of hydrogen-bond donors (Lipinski definition) is 1. The van der Waals surface area contributed by atoms with Gasteiger partial charge in [0.2, 0.25) is 0 Å². The number of nitrogens with one attached hydrogen (secondary N) is 1. The standard InChI is InChI=1S/C16H29N5/c1-16(2,3)19-10-13-9-18-15(11-17-13)21-8-6-7-14(21)12-20(4)5/h9,11,14,19H,6-8,10,12H2,1-5H3. The fourth-order valence-electron chi connectivity index (χ4n) is 2.69. The van der Waals surface area contributed by atoms with Crippen molar-refractivity contribution in [3.05, 3.63) is 18.1 Å². The van der Waals surface area contributed by atoms with Crippen molar-refractivity contribution >= 4 is 5.82 Å². The van der Waals surface area contributed by atoms with E-state index in [-0.39, 0.29) is 5.54 Å². The van der Waals surface area contributed by atoms with E-state index >= 15 is 0 Å². The smallest absolute Gasteiger partial charge is 0.147 e. The van der Waals surface area contributed by atoms with Crippen LogP contribution in [0.5, 0.6) is 0 Å². The van der Waals surface area contributed by atoms with E-state index < -0.39 is 0 Å². The van der Waals surface area contributed by atoms with Crippen molar-refractivity contribution in [3.63, 3.8) is 0 Å². The van der Waals surface area contributed by atoms with E-state index in [9.17, 15) is 0 Å². The Morgan fingerprint density at radius 1 is 1.29 bits per heavy atom. The third-order valence-corrected chi connectivity index (χ3v) is 3.74. The molecule has 0 amide bonds. The summed E-state index contributed by atoms with van der Waals surface area (Å²) in [5.41, 5.74) is 1.10. The summed E-state index contributed by atoms with van der Waals surface area (Å²) in [5, 5.41) is 3.44. The van der Waals surface area contributed by atoms with Crippen LogP contribution < -0.4 is 10.2 Å². The lowest BCUT2D eigenvalue weighted by Crippen LogP contribution is -2.38. The molecular formula is C16H29N5. The van der Waals surface area contributed by atoms with E-state index in [1.807, 2.05) is 12.4 Å².